The number of methoxy groups -OCH3 is 1. The van der Waals surface area contributed by atoms with Crippen LogP contribution in [-0.2, 0) is 19.6 Å². The number of aromatic carboxylic acids is 1. The molecule has 2 N–H and O–H groups in total. The molecular formula is C12H17NO6S2. The molecule has 0 fully saturated rings. The summed E-state index contributed by atoms with van der Waals surface area (Å²) < 4.78 is 31.0. The van der Waals surface area contributed by atoms with Crippen molar-refractivity contribution < 1.29 is 27.9 Å². The van der Waals surface area contributed by atoms with Gasteiger partial charge in [-0.3, -0.25) is 4.79 Å². The van der Waals surface area contributed by atoms with E-state index in [4.69, 9.17) is 5.11 Å². The molecule has 0 saturated carbocycles. The third kappa shape index (κ3) is 4.80. The molecule has 1 heterocycles. The van der Waals surface area contributed by atoms with Crippen LogP contribution in [0.2, 0.25) is 0 Å². The molecule has 7 nitrogen and oxygen atoms in total. The average Bonchev–Trinajstić information content (AvgIpc) is 2.86. The Bertz CT molecular complexity index is 619. The Morgan fingerprint density at radius 1 is 1.38 bits per heavy atom. The van der Waals surface area contributed by atoms with Gasteiger partial charge in [-0.2, -0.15) is 4.72 Å². The largest absolute Gasteiger partial charge is 0.477 e. The standard InChI is InChI=1S/C12H17NO6S2/c1-7(2)6-8(12(16)19-3)13-21(17,18)10-5-4-9(20-10)11(14)15/h4-5,7-8,13H,6H2,1-3H3,(H,14,15). The van der Waals surface area contributed by atoms with Crippen LogP contribution in [0.3, 0.4) is 0 Å². The van der Waals surface area contributed by atoms with E-state index in [-0.39, 0.29) is 21.4 Å². The average molecular weight is 335 g/mol. The number of ether oxygens (including phenoxy) is 1. The predicted octanol–water partition coefficient (Wildman–Crippen LogP) is 1.31. The predicted molar refractivity (Wildman–Crippen MR) is 76.9 cm³/mol. The second-order valence-electron chi connectivity index (χ2n) is 4.75. The van der Waals surface area contributed by atoms with Gasteiger partial charge in [0.2, 0.25) is 0 Å². The van der Waals surface area contributed by atoms with Gasteiger partial charge in [-0.25, -0.2) is 13.2 Å². The maximum atomic E-state index is 12.2. The Morgan fingerprint density at radius 3 is 2.43 bits per heavy atom. The number of carbonyl (C=O) groups excluding carboxylic acids is 1. The molecule has 1 aromatic heterocycles. The van der Waals surface area contributed by atoms with E-state index >= 15 is 0 Å². The van der Waals surface area contributed by atoms with Crippen molar-refractivity contribution in [3.8, 4) is 0 Å². The SMILES string of the molecule is COC(=O)C(CC(C)C)NS(=O)(=O)c1ccc(C(=O)O)s1. The van der Waals surface area contributed by atoms with Crippen LogP contribution in [-0.4, -0.2) is 38.6 Å². The van der Waals surface area contributed by atoms with E-state index in [1.54, 1.807) is 0 Å². The Balaban J connectivity index is 2.99. The van der Waals surface area contributed by atoms with Crippen LogP contribution in [0.1, 0.15) is 29.9 Å². The van der Waals surface area contributed by atoms with Gasteiger partial charge in [0.25, 0.3) is 10.0 Å². The zero-order chi connectivity index (χ0) is 16.2. The highest BCUT2D eigenvalue weighted by atomic mass is 32.2. The van der Waals surface area contributed by atoms with E-state index in [2.05, 4.69) is 9.46 Å². The number of hydrogen-bond acceptors (Lipinski definition) is 6. The molecular weight excluding hydrogens is 318 g/mol. The van der Waals surface area contributed by atoms with Crippen molar-refractivity contribution in [1.82, 2.24) is 4.72 Å². The van der Waals surface area contributed by atoms with Crippen molar-refractivity contribution in [3.05, 3.63) is 17.0 Å². The Labute approximate surface area is 127 Å². The monoisotopic (exact) mass is 335 g/mol. The van der Waals surface area contributed by atoms with E-state index in [0.29, 0.717) is 11.3 Å². The molecule has 118 valence electrons. The smallest absolute Gasteiger partial charge is 0.345 e. The fourth-order valence-electron chi connectivity index (χ4n) is 1.63. The molecule has 0 aliphatic rings. The zero-order valence-electron chi connectivity index (χ0n) is 11.8. The van der Waals surface area contributed by atoms with Gasteiger partial charge in [-0.1, -0.05) is 13.8 Å². The molecule has 0 amide bonds. The summed E-state index contributed by atoms with van der Waals surface area (Å²) in [4.78, 5) is 22.3. The summed E-state index contributed by atoms with van der Waals surface area (Å²) in [6, 6.07) is 1.40. The van der Waals surface area contributed by atoms with Crippen LogP contribution in [0.25, 0.3) is 0 Å². The van der Waals surface area contributed by atoms with E-state index in [1.807, 2.05) is 13.8 Å². The lowest BCUT2D eigenvalue weighted by Crippen LogP contribution is -2.42. The first-order valence-corrected chi connectivity index (χ1v) is 8.40. The van der Waals surface area contributed by atoms with Gasteiger partial charge in [-0.15, -0.1) is 11.3 Å². The van der Waals surface area contributed by atoms with E-state index in [0.717, 1.165) is 0 Å². The summed E-state index contributed by atoms with van der Waals surface area (Å²) in [7, 11) is -2.79. The molecule has 1 aromatic rings. The summed E-state index contributed by atoms with van der Waals surface area (Å²) in [6.45, 7) is 3.69. The first-order valence-electron chi connectivity index (χ1n) is 6.10. The minimum Gasteiger partial charge on any atom is -0.477 e. The van der Waals surface area contributed by atoms with Gasteiger partial charge < -0.3 is 9.84 Å². The zero-order valence-corrected chi connectivity index (χ0v) is 13.5. The van der Waals surface area contributed by atoms with Gasteiger partial charge in [0.15, 0.2) is 0 Å². The van der Waals surface area contributed by atoms with Crippen molar-refractivity contribution in [3.63, 3.8) is 0 Å². The second-order valence-corrected chi connectivity index (χ2v) is 7.78. The van der Waals surface area contributed by atoms with Crippen LogP contribution in [0.15, 0.2) is 16.3 Å². The summed E-state index contributed by atoms with van der Waals surface area (Å²) in [5, 5.41) is 8.81. The molecule has 0 radical (unpaired) electrons. The summed E-state index contributed by atoms with van der Waals surface area (Å²) in [5.74, 6) is -1.80. The van der Waals surface area contributed by atoms with Gasteiger partial charge in [0.1, 0.15) is 15.1 Å². The summed E-state index contributed by atoms with van der Waals surface area (Å²) >= 11 is 0.626. The Morgan fingerprint density at radius 2 is 2.00 bits per heavy atom. The molecule has 0 spiro atoms. The highest BCUT2D eigenvalue weighted by Crippen LogP contribution is 2.22. The topological polar surface area (TPSA) is 110 Å². The Hall–Kier alpha value is -1.45. The maximum Gasteiger partial charge on any atom is 0.345 e. The van der Waals surface area contributed by atoms with Crippen molar-refractivity contribution in [2.45, 2.75) is 30.5 Å². The molecule has 0 aliphatic heterocycles. The molecule has 0 saturated heterocycles. The number of hydrogen-bond donors (Lipinski definition) is 2. The van der Waals surface area contributed by atoms with Gasteiger partial charge in [0.05, 0.1) is 7.11 Å². The highest BCUT2D eigenvalue weighted by Gasteiger charge is 2.28. The van der Waals surface area contributed by atoms with E-state index in [9.17, 15) is 18.0 Å². The fourth-order valence-corrected chi connectivity index (χ4v) is 3.99. The number of thiophene rings is 1. The lowest BCUT2D eigenvalue weighted by Gasteiger charge is -2.17. The minimum atomic E-state index is -3.97. The molecule has 0 aromatic carbocycles. The third-order valence-corrected chi connectivity index (χ3v) is 5.58. The number of carboxylic acid groups (broad SMARTS) is 1. The normalized spacial score (nSPS) is 13.1. The van der Waals surface area contributed by atoms with Crippen LogP contribution in [0, 0.1) is 5.92 Å². The number of nitrogens with one attached hydrogen (secondary N) is 1. The fraction of sp³-hybridized carbons (Fsp3) is 0.500. The van der Waals surface area contributed by atoms with Gasteiger partial charge >= 0.3 is 11.9 Å². The first kappa shape index (κ1) is 17.6. The van der Waals surface area contributed by atoms with Crippen molar-refractivity contribution >= 4 is 33.3 Å². The van der Waals surface area contributed by atoms with Crippen LogP contribution in [0.4, 0.5) is 0 Å². The minimum absolute atomic E-state index is 0.0784. The molecule has 1 unspecified atom stereocenters. The molecule has 0 aliphatic carbocycles. The molecule has 0 bridgehead atoms. The van der Waals surface area contributed by atoms with Crippen LogP contribution < -0.4 is 4.72 Å². The Kier molecular flexibility index (Phi) is 5.87. The quantitative estimate of drug-likeness (QED) is 0.727. The van der Waals surface area contributed by atoms with Crippen molar-refractivity contribution in [1.29, 1.82) is 0 Å². The number of sulfonamides is 1. The van der Waals surface area contributed by atoms with Crippen LogP contribution >= 0.6 is 11.3 Å². The summed E-state index contributed by atoms with van der Waals surface area (Å²) in [6.07, 6.45) is 0.281. The molecule has 21 heavy (non-hydrogen) atoms. The number of carbonyl (C=O) groups is 2. The van der Waals surface area contributed by atoms with Crippen molar-refractivity contribution in [2.24, 2.45) is 5.92 Å². The lowest BCUT2D eigenvalue weighted by atomic mass is 10.1. The molecule has 1 rings (SSSR count). The van der Waals surface area contributed by atoms with E-state index in [1.165, 1.54) is 19.2 Å². The molecule has 1 atom stereocenters. The van der Waals surface area contributed by atoms with Gasteiger partial charge in [0, 0.05) is 0 Å². The maximum absolute atomic E-state index is 12.2. The number of esters is 1. The van der Waals surface area contributed by atoms with E-state index < -0.39 is 28.0 Å². The van der Waals surface area contributed by atoms with Gasteiger partial charge in [-0.05, 0) is 24.5 Å². The highest BCUT2D eigenvalue weighted by molar-refractivity contribution is 7.91. The second kappa shape index (κ2) is 7.01. The lowest BCUT2D eigenvalue weighted by molar-refractivity contribution is -0.143. The summed E-state index contributed by atoms with van der Waals surface area (Å²) in [5.41, 5.74) is 0. The molecule has 9 heteroatoms. The third-order valence-electron chi connectivity index (χ3n) is 2.55. The van der Waals surface area contributed by atoms with Crippen molar-refractivity contribution in [2.75, 3.05) is 7.11 Å². The number of rotatable bonds is 7. The first-order chi connectivity index (χ1) is 9.67. The van der Waals surface area contributed by atoms with Crippen LogP contribution in [0.5, 0.6) is 0 Å². The number of carboxylic acids is 1.